The van der Waals surface area contributed by atoms with Crippen LogP contribution in [0, 0.1) is 11.8 Å². The number of rotatable bonds is 4. The molecule has 1 aliphatic heterocycles. The molecule has 0 amide bonds. The highest BCUT2D eigenvalue weighted by molar-refractivity contribution is 8.06. The lowest BCUT2D eigenvalue weighted by molar-refractivity contribution is -0.140. The summed E-state index contributed by atoms with van der Waals surface area (Å²) in [6.45, 7) is 5.88. The zero-order valence-electron chi connectivity index (χ0n) is 9.91. The molecule has 16 heavy (non-hydrogen) atoms. The minimum Gasteiger partial charge on any atom is -0.462 e. The molecule has 90 valence electrons. The number of carbonyl (C=O) groups excluding carboxylic acids is 1. The highest BCUT2D eigenvalue weighted by Gasteiger charge is 2.34. The predicted molar refractivity (Wildman–Crippen MR) is 67.5 cm³/mol. The van der Waals surface area contributed by atoms with Gasteiger partial charge in [-0.2, -0.15) is 11.8 Å². The van der Waals surface area contributed by atoms with Crippen LogP contribution in [0.2, 0.25) is 0 Å². The molecule has 1 saturated heterocycles. The molecule has 1 aliphatic carbocycles. The Morgan fingerprint density at radius 3 is 2.50 bits per heavy atom. The van der Waals surface area contributed by atoms with Gasteiger partial charge in [0.15, 0.2) is 0 Å². The van der Waals surface area contributed by atoms with Gasteiger partial charge in [-0.1, -0.05) is 6.58 Å². The third-order valence-electron chi connectivity index (χ3n) is 3.57. The molecule has 0 radical (unpaired) electrons. The van der Waals surface area contributed by atoms with Crippen LogP contribution in [0.1, 0.15) is 32.6 Å². The monoisotopic (exact) mass is 240 g/mol. The van der Waals surface area contributed by atoms with Gasteiger partial charge < -0.3 is 4.74 Å². The number of carbonyl (C=O) groups is 1. The second kappa shape index (κ2) is 5.26. The summed E-state index contributed by atoms with van der Waals surface area (Å²) in [6, 6.07) is 0. The summed E-state index contributed by atoms with van der Waals surface area (Å²) in [5.74, 6) is 2.67. The summed E-state index contributed by atoms with van der Waals surface area (Å²) in [7, 11) is 0. The summed E-state index contributed by atoms with van der Waals surface area (Å²) in [6.07, 6.45) is 5.11. The van der Waals surface area contributed by atoms with Crippen LogP contribution in [0.3, 0.4) is 0 Å². The molecule has 1 unspecified atom stereocenters. The molecule has 0 N–H and O–H groups in total. The summed E-state index contributed by atoms with van der Waals surface area (Å²) < 4.78 is 5.21. The first-order valence-corrected chi connectivity index (χ1v) is 7.16. The minimum absolute atomic E-state index is 0.236. The van der Waals surface area contributed by atoms with Crippen LogP contribution in [0.5, 0.6) is 0 Å². The van der Waals surface area contributed by atoms with Crippen LogP contribution < -0.4 is 0 Å². The van der Waals surface area contributed by atoms with Crippen molar-refractivity contribution in [1.29, 1.82) is 0 Å². The number of hydrogen-bond acceptors (Lipinski definition) is 3. The van der Waals surface area contributed by atoms with E-state index in [4.69, 9.17) is 4.74 Å². The Balaban J connectivity index is 1.64. The van der Waals surface area contributed by atoms with Gasteiger partial charge in [0.1, 0.15) is 0 Å². The highest BCUT2D eigenvalue weighted by atomic mass is 32.2. The molecule has 3 heteroatoms. The minimum atomic E-state index is -0.236. The van der Waals surface area contributed by atoms with Gasteiger partial charge in [-0.3, -0.25) is 0 Å². The van der Waals surface area contributed by atoms with Gasteiger partial charge in [0.25, 0.3) is 0 Å². The molecule has 1 saturated carbocycles. The Morgan fingerprint density at radius 2 is 2.00 bits per heavy atom. The van der Waals surface area contributed by atoms with Crippen LogP contribution in [-0.4, -0.2) is 23.6 Å². The summed E-state index contributed by atoms with van der Waals surface area (Å²) >= 11 is 2.10. The molecule has 0 bridgehead atoms. The Bertz CT molecular complexity index is 276. The van der Waals surface area contributed by atoms with Gasteiger partial charge in [0.05, 0.1) is 6.61 Å². The van der Waals surface area contributed by atoms with E-state index in [1.807, 2.05) is 0 Å². The van der Waals surface area contributed by atoms with Crippen molar-refractivity contribution in [1.82, 2.24) is 0 Å². The zero-order valence-corrected chi connectivity index (χ0v) is 10.7. The average Bonchev–Trinajstić information content (AvgIpc) is 3.10. The van der Waals surface area contributed by atoms with E-state index in [0.717, 1.165) is 11.2 Å². The summed E-state index contributed by atoms with van der Waals surface area (Å²) in [5, 5.41) is 0.957. The molecule has 1 heterocycles. The third-order valence-corrected chi connectivity index (χ3v) is 4.68. The lowest BCUT2D eigenvalue weighted by atomic mass is 9.81. The molecule has 1 atom stereocenters. The molecule has 0 aromatic rings. The van der Waals surface area contributed by atoms with Gasteiger partial charge in [-0.15, -0.1) is 0 Å². The van der Waals surface area contributed by atoms with Gasteiger partial charge in [0.2, 0.25) is 0 Å². The van der Waals surface area contributed by atoms with E-state index in [-0.39, 0.29) is 5.97 Å². The van der Waals surface area contributed by atoms with E-state index in [1.165, 1.54) is 31.4 Å². The molecule has 2 rings (SSSR count). The number of esters is 1. The first kappa shape index (κ1) is 12.0. The van der Waals surface area contributed by atoms with E-state index in [2.05, 4.69) is 18.3 Å². The maximum atomic E-state index is 11.2. The second-order valence-electron chi connectivity index (χ2n) is 5.03. The highest BCUT2D eigenvalue weighted by Crippen LogP contribution is 2.44. The fraction of sp³-hybridized carbons (Fsp3) is 0.769. The first-order chi connectivity index (χ1) is 7.66. The molecular formula is C13H20O2S. The van der Waals surface area contributed by atoms with Crippen molar-refractivity contribution < 1.29 is 9.53 Å². The van der Waals surface area contributed by atoms with Crippen molar-refractivity contribution in [2.24, 2.45) is 11.8 Å². The lowest BCUT2D eigenvalue weighted by Gasteiger charge is -2.27. The lowest BCUT2D eigenvalue weighted by Crippen LogP contribution is -2.22. The first-order valence-electron chi connectivity index (χ1n) is 6.11. The Labute approximate surface area is 102 Å². The maximum absolute atomic E-state index is 11.2. The molecule has 0 aromatic carbocycles. The van der Waals surface area contributed by atoms with Crippen molar-refractivity contribution in [2.75, 3.05) is 12.4 Å². The topological polar surface area (TPSA) is 26.3 Å². The fourth-order valence-electron chi connectivity index (χ4n) is 2.37. The van der Waals surface area contributed by atoms with Crippen LogP contribution in [-0.2, 0) is 9.53 Å². The van der Waals surface area contributed by atoms with Gasteiger partial charge >= 0.3 is 5.97 Å². The number of thioether (sulfide) groups is 1. The normalized spacial score (nSPS) is 33.2. The standard InChI is InChI=1S/C13H20O2S/c1-9(2)13(14)15-7-10-3-5-11(6-4-10)12-8-16-12/h10-12H,1,3-8H2,2H3. The van der Waals surface area contributed by atoms with Crippen molar-refractivity contribution in [3.05, 3.63) is 12.2 Å². The van der Waals surface area contributed by atoms with Gasteiger partial charge in [-0.25, -0.2) is 4.79 Å². The summed E-state index contributed by atoms with van der Waals surface area (Å²) in [5.41, 5.74) is 0.503. The average molecular weight is 240 g/mol. The van der Waals surface area contributed by atoms with Crippen molar-refractivity contribution in [3.8, 4) is 0 Å². The second-order valence-corrected chi connectivity index (χ2v) is 6.30. The van der Waals surface area contributed by atoms with Gasteiger partial charge in [0, 0.05) is 16.6 Å². The van der Waals surface area contributed by atoms with E-state index in [9.17, 15) is 4.79 Å². The van der Waals surface area contributed by atoms with Crippen molar-refractivity contribution >= 4 is 17.7 Å². The van der Waals surface area contributed by atoms with Crippen LogP contribution in [0.15, 0.2) is 12.2 Å². The Morgan fingerprint density at radius 1 is 1.38 bits per heavy atom. The molecule has 2 fully saturated rings. The molecule has 2 nitrogen and oxygen atoms in total. The third kappa shape index (κ3) is 3.27. The van der Waals surface area contributed by atoms with E-state index >= 15 is 0 Å². The number of hydrogen-bond donors (Lipinski definition) is 0. The zero-order chi connectivity index (χ0) is 11.5. The largest absolute Gasteiger partial charge is 0.462 e. The van der Waals surface area contributed by atoms with E-state index in [0.29, 0.717) is 18.1 Å². The number of ether oxygens (including phenoxy) is 1. The molecular weight excluding hydrogens is 220 g/mol. The van der Waals surface area contributed by atoms with Crippen LogP contribution in [0.4, 0.5) is 0 Å². The van der Waals surface area contributed by atoms with E-state index < -0.39 is 0 Å². The maximum Gasteiger partial charge on any atom is 0.333 e. The smallest absolute Gasteiger partial charge is 0.333 e. The Kier molecular flexibility index (Phi) is 3.95. The van der Waals surface area contributed by atoms with Crippen LogP contribution in [0.25, 0.3) is 0 Å². The van der Waals surface area contributed by atoms with Crippen molar-refractivity contribution in [2.45, 2.75) is 37.9 Å². The molecule has 0 spiro atoms. The van der Waals surface area contributed by atoms with Crippen LogP contribution >= 0.6 is 11.8 Å². The molecule has 2 aliphatic rings. The Hall–Kier alpha value is -0.440. The summed E-state index contributed by atoms with van der Waals surface area (Å²) in [4.78, 5) is 11.2. The SMILES string of the molecule is C=C(C)C(=O)OCC1CCC(C2CS2)CC1. The van der Waals surface area contributed by atoms with Gasteiger partial charge in [-0.05, 0) is 44.4 Å². The van der Waals surface area contributed by atoms with E-state index in [1.54, 1.807) is 6.92 Å². The van der Waals surface area contributed by atoms with Crippen molar-refractivity contribution in [3.63, 3.8) is 0 Å². The quantitative estimate of drug-likeness (QED) is 0.429. The predicted octanol–water partition coefficient (Wildman–Crippen LogP) is 3.03. The molecule has 0 aromatic heterocycles. The fourth-order valence-corrected chi connectivity index (χ4v) is 3.30.